The molecule has 0 unspecified atom stereocenters. The van der Waals surface area contributed by atoms with Gasteiger partial charge in [0, 0.05) is 25.6 Å². The normalized spacial score (nSPS) is 13.9. The van der Waals surface area contributed by atoms with Gasteiger partial charge >= 0.3 is 6.09 Å². The van der Waals surface area contributed by atoms with E-state index >= 15 is 0 Å². The molecule has 0 radical (unpaired) electrons. The van der Waals surface area contributed by atoms with Crippen LogP contribution in [0, 0.1) is 5.82 Å². The Kier molecular flexibility index (Phi) is 4.91. The van der Waals surface area contributed by atoms with E-state index in [1.165, 1.54) is 18.2 Å². The van der Waals surface area contributed by atoms with Crippen LogP contribution in [0.1, 0.15) is 42.4 Å². The molecule has 2 aromatic rings. The molecular weight excluding hydrogens is 351 g/mol. The summed E-state index contributed by atoms with van der Waals surface area (Å²) in [6, 6.07) is 5.77. The summed E-state index contributed by atoms with van der Waals surface area (Å²) in [5.41, 5.74) is 0.904. The van der Waals surface area contributed by atoms with Crippen LogP contribution in [0.5, 0.6) is 0 Å². The minimum absolute atomic E-state index is 0.0488. The molecule has 1 aromatic heterocycles. The second-order valence-corrected chi connectivity index (χ2v) is 7.48. The molecule has 0 saturated carbocycles. The van der Waals surface area contributed by atoms with Crippen molar-refractivity contribution in [2.24, 2.45) is 7.05 Å². The number of nitrogens with one attached hydrogen (secondary N) is 1. The standard InChI is InChI=1S/C19H23FN4O3/c1-19(2,3)27-18(26)24-10-9-15-13(11-24)16(23(4)22-15)21-17(25)12-7-5-6-8-14(12)20/h5-8H,9-11H2,1-4H3,(H,21,25). The van der Waals surface area contributed by atoms with Crippen LogP contribution in [0.15, 0.2) is 24.3 Å². The minimum Gasteiger partial charge on any atom is -0.444 e. The lowest BCUT2D eigenvalue weighted by Gasteiger charge is -2.29. The number of rotatable bonds is 2. The van der Waals surface area contributed by atoms with Crippen LogP contribution in [-0.4, -0.2) is 38.8 Å². The number of fused-ring (bicyclic) bond motifs is 1. The van der Waals surface area contributed by atoms with Crippen LogP contribution >= 0.6 is 0 Å². The fourth-order valence-corrected chi connectivity index (χ4v) is 2.96. The van der Waals surface area contributed by atoms with Crippen LogP contribution in [-0.2, 0) is 24.8 Å². The van der Waals surface area contributed by atoms with Crippen molar-refractivity contribution in [2.75, 3.05) is 11.9 Å². The summed E-state index contributed by atoms with van der Waals surface area (Å²) in [4.78, 5) is 26.4. The van der Waals surface area contributed by atoms with Crippen molar-refractivity contribution in [3.05, 3.63) is 46.9 Å². The van der Waals surface area contributed by atoms with Crippen LogP contribution in [0.3, 0.4) is 0 Å². The van der Waals surface area contributed by atoms with E-state index < -0.39 is 23.4 Å². The smallest absolute Gasteiger partial charge is 0.410 e. The number of aromatic nitrogens is 2. The lowest BCUT2D eigenvalue weighted by molar-refractivity contribution is 0.0224. The average molecular weight is 374 g/mol. The third-order valence-electron chi connectivity index (χ3n) is 4.20. The number of aryl methyl sites for hydroxylation is 1. The van der Waals surface area contributed by atoms with E-state index in [4.69, 9.17) is 4.74 Å². The molecule has 0 aliphatic carbocycles. The maximum atomic E-state index is 13.9. The predicted octanol–water partition coefficient (Wildman–Crippen LogP) is 3.10. The quantitative estimate of drug-likeness (QED) is 0.876. The first kappa shape index (κ1) is 18.9. The van der Waals surface area contributed by atoms with Crippen molar-refractivity contribution in [2.45, 2.75) is 39.3 Å². The molecule has 27 heavy (non-hydrogen) atoms. The maximum Gasteiger partial charge on any atom is 0.410 e. The summed E-state index contributed by atoms with van der Waals surface area (Å²) in [7, 11) is 1.70. The van der Waals surface area contributed by atoms with Gasteiger partial charge in [0.25, 0.3) is 5.91 Å². The molecule has 2 amide bonds. The number of ether oxygens (including phenoxy) is 1. The predicted molar refractivity (Wildman–Crippen MR) is 97.9 cm³/mol. The summed E-state index contributed by atoms with van der Waals surface area (Å²) in [5.74, 6) is -0.707. The largest absolute Gasteiger partial charge is 0.444 e. The second-order valence-electron chi connectivity index (χ2n) is 7.48. The Balaban J connectivity index is 1.82. The van der Waals surface area contributed by atoms with Gasteiger partial charge in [0.2, 0.25) is 0 Å². The van der Waals surface area contributed by atoms with Crippen molar-refractivity contribution in [3.63, 3.8) is 0 Å². The van der Waals surface area contributed by atoms with E-state index in [-0.39, 0.29) is 12.1 Å². The molecule has 2 heterocycles. The number of carbonyl (C=O) groups is 2. The van der Waals surface area contributed by atoms with Gasteiger partial charge in [0.05, 0.1) is 17.8 Å². The summed E-state index contributed by atoms with van der Waals surface area (Å²) in [6.45, 7) is 6.18. The zero-order chi connectivity index (χ0) is 19.8. The highest BCUT2D eigenvalue weighted by Gasteiger charge is 2.30. The number of amides is 2. The first-order valence-electron chi connectivity index (χ1n) is 8.74. The van der Waals surface area contributed by atoms with E-state index in [0.29, 0.717) is 18.8 Å². The summed E-state index contributed by atoms with van der Waals surface area (Å²) in [6.07, 6.45) is 0.140. The Labute approximate surface area is 157 Å². The van der Waals surface area contributed by atoms with E-state index in [2.05, 4.69) is 10.4 Å². The number of hydrogen-bond acceptors (Lipinski definition) is 4. The molecule has 0 atom stereocenters. The van der Waals surface area contributed by atoms with Gasteiger partial charge in [-0.1, -0.05) is 12.1 Å². The van der Waals surface area contributed by atoms with Crippen molar-refractivity contribution in [1.82, 2.24) is 14.7 Å². The molecule has 1 aliphatic heterocycles. The molecular formula is C19H23FN4O3. The number of benzene rings is 1. The number of anilines is 1. The molecule has 7 nitrogen and oxygen atoms in total. The second kappa shape index (κ2) is 7.02. The van der Waals surface area contributed by atoms with Crippen LogP contribution in [0.4, 0.5) is 15.0 Å². The molecule has 0 bridgehead atoms. The summed E-state index contributed by atoms with van der Waals surface area (Å²) < 4.78 is 20.9. The third-order valence-corrected chi connectivity index (χ3v) is 4.20. The molecule has 0 saturated heterocycles. The summed E-state index contributed by atoms with van der Waals surface area (Å²) >= 11 is 0. The van der Waals surface area contributed by atoms with Gasteiger partial charge < -0.3 is 15.0 Å². The van der Waals surface area contributed by atoms with E-state index in [0.717, 1.165) is 11.3 Å². The zero-order valence-corrected chi connectivity index (χ0v) is 15.9. The molecule has 3 rings (SSSR count). The first-order valence-corrected chi connectivity index (χ1v) is 8.74. The fraction of sp³-hybridized carbons (Fsp3) is 0.421. The Morgan fingerprint density at radius 2 is 1.96 bits per heavy atom. The van der Waals surface area contributed by atoms with Gasteiger partial charge in [-0.3, -0.25) is 9.48 Å². The Morgan fingerprint density at radius 3 is 2.63 bits per heavy atom. The van der Waals surface area contributed by atoms with Gasteiger partial charge in [0.1, 0.15) is 17.2 Å². The average Bonchev–Trinajstić information content (AvgIpc) is 2.88. The fourth-order valence-electron chi connectivity index (χ4n) is 2.96. The van der Waals surface area contributed by atoms with Gasteiger partial charge in [-0.05, 0) is 32.9 Å². The molecule has 1 aliphatic rings. The van der Waals surface area contributed by atoms with Crippen molar-refractivity contribution in [3.8, 4) is 0 Å². The Bertz CT molecular complexity index is 886. The van der Waals surface area contributed by atoms with Crippen LogP contribution in [0.25, 0.3) is 0 Å². The van der Waals surface area contributed by atoms with Gasteiger partial charge in [-0.25, -0.2) is 9.18 Å². The number of hydrogen-bond donors (Lipinski definition) is 1. The Morgan fingerprint density at radius 1 is 1.26 bits per heavy atom. The van der Waals surface area contributed by atoms with Crippen LogP contribution < -0.4 is 5.32 Å². The molecule has 0 fully saturated rings. The number of carbonyl (C=O) groups excluding carboxylic acids is 2. The number of halogens is 1. The zero-order valence-electron chi connectivity index (χ0n) is 15.9. The minimum atomic E-state index is -0.596. The van der Waals surface area contributed by atoms with Gasteiger partial charge in [-0.15, -0.1) is 0 Å². The lowest BCUT2D eigenvalue weighted by atomic mass is 10.1. The van der Waals surface area contributed by atoms with Crippen molar-refractivity contribution >= 4 is 17.8 Å². The van der Waals surface area contributed by atoms with E-state index in [1.807, 2.05) is 20.8 Å². The Hall–Kier alpha value is -2.90. The topological polar surface area (TPSA) is 76.5 Å². The maximum absolute atomic E-state index is 13.9. The van der Waals surface area contributed by atoms with Crippen molar-refractivity contribution in [1.29, 1.82) is 0 Å². The highest BCUT2D eigenvalue weighted by atomic mass is 19.1. The van der Waals surface area contributed by atoms with E-state index in [9.17, 15) is 14.0 Å². The monoisotopic (exact) mass is 374 g/mol. The third kappa shape index (κ3) is 4.10. The lowest BCUT2D eigenvalue weighted by Crippen LogP contribution is -2.40. The van der Waals surface area contributed by atoms with Gasteiger partial charge in [0.15, 0.2) is 0 Å². The molecule has 144 valence electrons. The summed E-state index contributed by atoms with van der Waals surface area (Å²) in [5, 5.41) is 7.14. The molecule has 1 N–H and O–H groups in total. The molecule has 0 spiro atoms. The number of nitrogens with zero attached hydrogens (tertiary/aromatic N) is 3. The molecule has 8 heteroatoms. The highest BCUT2D eigenvalue weighted by molar-refractivity contribution is 6.04. The van der Waals surface area contributed by atoms with Crippen molar-refractivity contribution < 1.29 is 18.7 Å². The van der Waals surface area contributed by atoms with E-state index in [1.54, 1.807) is 22.7 Å². The first-order chi connectivity index (χ1) is 12.7. The molecule has 1 aromatic carbocycles. The van der Waals surface area contributed by atoms with Gasteiger partial charge in [-0.2, -0.15) is 5.10 Å². The van der Waals surface area contributed by atoms with Crippen LogP contribution in [0.2, 0.25) is 0 Å². The SMILES string of the molecule is Cn1nc2c(c1NC(=O)c1ccccc1F)CN(C(=O)OC(C)(C)C)CC2. The highest BCUT2D eigenvalue weighted by Crippen LogP contribution is 2.27.